The summed E-state index contributed by atoms with van der Waals surface area (Å²) in [5, 5.41) is 70.0. The third kappa shape index (κ3) is 7.77. The Hall–Kier alpha value is -11.1. The van der Waals surface area contributed by atoms with Gasteiger partial charge in [-0.15, -0.1) is 0 Å². The Bertz CT molecular complexity index is 4210. The minimum absolute atomic E-state index is 0.00660. The van der Waals surface area contributed by atoms with Crippen LogP contribution in [0.25, 0.3) is 89.7 Å². The Morgan fingerprint density at radius 1 is 0.356 bits per heavy atom. The van der Waals surface area contributed by atoms with Gasteiger partial charge in [-0.05, 0) is 91.0 Å². The van der Waals surface area contributed by atoms with Crippen LogP contribution in [0, 0.1) is 0 Å². The summed E-state index contributed by atoms with van der Waals surface area (Å²) in [4.78, 5) is 109. The lowest BCUT2D eigenvalue weighted by atomic mass is 9.98. The molecule has 0 radical (unpaired) electrons. The second-order valence-electron chi connectivity index (χ2n) is 16.1. The fraction of sp³-hybridized carbons (Fsp3) is 0. The first-order valence-corrected chi connectivity index (χ1v) is 21.2. The van der Waals surface area contributed by atoms with E-state index in [9.17, 15) is 59.4 Å². The van der Waals surface area contributed by atoms with Gasteiger partial charge in [-0.2, -0.15) is 10.2 Å². The molecule has 0 fully saturated rings. The van der Waals surface area contributed by atoms with E-state index in [0.29, 0.717) is 33.6 Å². The molecule has 2 aliphatic rings. The van der Waals surface area contributed by atoms with E-state index in [2.05, 4.69) is 40.1 Å². The van der Waals surface area contributed by atoms with Crippen LogP contribution in [-0.4, -0.2) is 106 Å². The van der Waals surface area contributed by atoms with Crippen LogP contribution in [0.3, 0.4) is 0 Å². The van der Waals surface area contributed by atoms with Gasteiger partial charge in [0.15, 0.2) is 23.3 Å². The van der Waals surface area contributed by atoms with Crippen molar-refractivity contribution in [1.82, 2.24) is 39.9 Å². The fourth-order valence-electron chi connectivity index (χ4n) is 8.36. The summed E-state index contributed by atoms with van der Waals surface area (Å²) in [5.41, 5.74) is -2.92. The molecule has 23 heteroatoms. The van der Waals surface area contributed by atoms with Crippen LogP contribution >= 0.6 is 0 Å². The molecule has 0 saturated heterocycles. The predicted octanol–water partition coefficient (Wildman–Crippen LogP) is 9.27. The van der Waals surface area contributed by atoms with Crippen molar-refractivity contribution in [2.45, 2.75) is 0 Å². The first kappa shape index (κ1) is 44.4. The number of carbonyl (C=O) groups is 6. The lowest BCUT2D eigenvalue weighted by molar-refractivity contribution is 0.0651. The molecular formula is C50H26N10O13. The quantitative estimate of drug-likeness (QED) is 0.0591. The standard InChI is InChI=1S/C50H26N10O13/c61-45(62)31-13-25-26(14-32(31)46(63)64)41-54-39(25)52-37-23-11-10-22(73-21-8-6-20(7-9-21)60-59-19-4-2-1-3-5-19)12-24(23)38(51-37)53-40-27-15-33(47(65)66)34(48(67)68)16-28(27)42(55-40)57-44-30-18-36(50(71)72)35(49(69)70)17-29(30)43(56-41)58-44/h1-18H,(H,61,62)(H,63,64)(H,65,66)(H,67,68)(H,69,70)(H,71,72)(H2,51,52,53,54,55,56,57,58). The fourth-order valence-corrected chi connectivity index (χ4v) is 8.36. The highest BCUT2D eigenvalue weighted by atomic mass is 16.5. The van der Waals surface area contributed by atoms with Crippen LogP contribution in [0.4, 0.5) is 11.4 Å². The molecule has 0 amide bonds. The van der Waals surface area contributed by atoms with Crippen molar-refractivity contribution in [3.8, 4) is 57.1 Å². The van der Waals surface area contributed by atoms with E-state index < -0.39 is 69.2 Å². The Labute approximate surface area is 404 Å². The zero-order valence-corrected chi connectivity index (χ0v) is 36.5. The largest absolute Gasteiger partial charge is 0.478 e. The molecule has 0 saturated carbocycles. The molecule has 9 aromatic rings. The van der Waals surface area contributed by atoms with E-state index >= 15 is 0 Å². The molecule has 2 aliphatic heterocycles. The lowest BCUT2D eigenvalue weighted by Gasteiger charge is -2.06. The highest BCUT2D eigenvalue weighted by molar-refractivity contribution is 6.14. The van der Waals surface area contributed by atoms with Crippen LogP contribution in [-0.2, 0) is 0 Å². The average Bonchev–Trinajstić information content (AvgIpc) is 4.09. The van der Waals surface area contributed by atoms with E-state index in [1.807, 2.05) is 18.2 Å². The molecule has 3 aromatic heterocycles. The first-order valence-electron chi connectivity index (χ1n) is 21.2. The van der Waals surface area contributed by atoms with Crippen molar-refractivity contribution < 1.29 is 64.1 Å². The predicted molar refractivity (Wildman–Crippen MR) is 255 cm³/mol. The number of benzene rings is 6. The van der Waals surface area contributed by atoms with Crippen molar-refractivity contribution >= 4 is 91.3 Å². The van der Waals surface area contributed by atoms with E-state index in [1.54, 1.807) is 54.6 Å². The molecule has 73 heavy (non-hydrogen) atoms. The van der Waals surface area contributed by atoms with Crippen molar-refractivity contribution in [3.05, 3.63) is 143 Å². The molecule has 0 unspecified atom stereocenters. The number of carboxylic acids is 6. The molecule has 11 rings (SSSR count). The molecule has 354 valence electrons. The number of rotatable bonds is 10. The van der Waals surface area contributed by atoms with E-state index in [0.717, 1.165) is 36.4 Å². The van der Waals surface area contributed by atoms with Gasteiger partial charge in [0, 0.05) is 43.8 Å². The monoisotopic (exact) mass is 974 g/mol. The summed E-state index contributed by atoms with van der Waals surface area (Å²) in [7, 11) is 0. The number of aromatic nitrogens is 8. The van der Waals surface area contributed by atoms with Gasteiger partial charge in [-0.25, -0.2) is 58.7 Å². The van der Waals surface area contributed by atoms with Gasteiger partial charge in [0.25, 0.3) is 0 Å². The number of hydrogen-bond acceptors (Lipinski definition) is 15. The van der Waals surface area contributed by atoms with Gasteiger partial charge >= 0.3 is 35.8 Å². The van der Waals surface area contributed by atoms with Gasteiger partial charge in [-0.1, -0.05) is 18.2 Å². The third-order valence-corrected chi connectivity index (χ3v) is 11.7. The minimum atomic E-state index is -1.62. The number of aromatic amines is 2. The molecule has 23 nitrogen and oxygen atoms in total. The highest BCUT2D eigenvalue weighted by Crippen LogP contribution is 2.40. The molecule has 8 N–H and O–H groups in total. The SMILES string of the molecule is O=C(O)c1cc2c(cc1C(=O)O)-c1nc-2nc2[nH]c(nc3nc(nc4[nH]c(n1)c1cc(C(=O)O)c(C(=O)O)cc41)-c1cc(C(=O)O)c(C(=O)O)cc1-3)c1cc(Oc3ccc(N=Nc4ccccc4)cc3)ccc21. The Morgan fingerprint density at radius 2 is 0.685 bits per heavy atom. The van der Waals surface area contributed by atoms with Gasteiger partial charge in [-0.3, -0.25) is 0 Å². The molecule has 0 atom stereocenters. The Kier molecular flexibility index (Phi) is 10.2. The smallest absolute Gasteiger partial charge is 0.336 e. The topological polar surface area (TPSA) is 367 Å². The molecule has 6 aromatic carbocycles. The van der Waals surface area contributed by atoms with Gasteiger partial charge in [0.05, 0.1) is 44.8 Å². The summed E-state index contributed by atoms with van der Waals surface area (Å²) in [6, 6.07) is 27.0. The summed E-state index contributed by atoms with van der Waals surface area (Å²) < 4.78 is 6.25. The van der Waals surface area contributed by atoms with E-state index in [4.69, 9.17) is 14.7 Å². The van der Waals surface area contributed by atoms with Crippen molar-refractivity contribution in [2.75, 3.05) is 0 Å². The van der Waals surface area contributed by atoms with E-state index in [-0.39, 0.29) is 78.9 Å². The second kappa shape index (κ2) is 16.8. The lowest BCUT2D eigenvalue weighted by Crippen LogP contribution is -2.08. The highest BCUT2D eigenvalue weighted by Gasteiger charge is 2.30. The number of azo groups is 1. The number of aromatic carboxylic acids is 6. The number of carboxylic acid groups (broad SMARTS) is 6. The molecule has 5 heterocycles. The average molecular weight is 975 g/mol. The maximum Gasteiger partial charge on any atom is 0.336 e. The summed E-state index contributed by atoms with van der Waals surface area (Å²) >= 11 is 0. The van der Waals surface area contributed by atoms with Crippen LogP contribution in [0.15, 0.2) is 119 Å². The van der Waals surface area contributed by atoms with E-state index in [1.165, 1.54) is 0 Å². The molecule has 0 aliphatic carbocycles. The Balaban J connectivity index is 1.21. The minimum Gasteiger partial charge on any atom is -0.478 e. The second-order valence-corrected chi connectivity index (χ2v) is 16.1. The van der Waals surface area contributed by atoms with Crippen LogP contribution in [0.5, 0.6) is 11.5 Å². The summed E-state index contributed by atoms with van der Waals surface area (Å²) in [6.07, 6.45) is 0. The van der Waals surface area contributed by atoms with Gasteiger partial charge in [0.2, 0.25) is 0 Å². The number of hydrogen-bond donors (Lipinski definition) is 8. The molecule has 0 spiro atoms. The Morgan fingerprint density at radius 3 is 1.07 bits per heavy atom. The van der Waals surface area contributed by atoms with Crippen LogP contribution < -0.4 is 4.74 Å². The number of ether oxygens (including phenoxy) is 1. The number of H-pyrrole nitrogens is 2. The van der Waals surface area contributed by atoms with Crippen LogP contribution in [0.2, 0.25) is 0 Å². The van der Waals surface area contributed by atoms with Crippen molar-refractivity contribution in [2.24, 2.45) is 10.2 Å². The zero-order chi connectivity index (χ0) is 51.0. The first-order chi connectivity index (χ1) is 35.1. The maximum atomic E-state index is 12.5. The summed E-state index contributed by atoms with van der Waals surface area (Å²) in [5.74, 6) is -9.77. The number of nitrogens with one attached hydrogen (secondary N) is 2. The normalized spacial score (nSPS) is 11.6. The van der Waals surface area contributed by atoms with Crippen molar-refractivity contribution in [3.63, 3.8) is 0 Å². The van der Waals surface area contributed by atoms with Crippen molar-refractivity contribution in [1.29, 1.82) is 0 Å². The third-order valence-electron chi connectivity index (χ3n) is 11.7. The maximum absolute atomic E-state index is 12.5. The number of fused-ring (bicyclic) bond motifs is 20. The number of nitrogens with zero attached hydrogens (tertiary/aromatic N) is 8. The van der Waals surface area contributed by atoms with Gasteiger partial charge < -0.3 is 45.3 Å². The molecular weight excluding hydrogens is 949 g/mol. The molecule has 8 bridgehead atoms. The van der Waals surface area contributed by atoms with Crippen LogP contribution in [0.1, 0.15) is 62.1 Å². The van der Waals surface area contributed by atoms with Gasteiger partial charge in [0.1, 0.15) is 34.1 Å². The summed E-state index contributed by atoms with van der Waals surface area (Å²) in [6.45, 7) is 0. The zero-order valence-electron chi connectivity index (χ0n) is 36.5.